The summed E-state index contributed by atoms with van der Waals surface area (Å²) in [7, 11) is 1.63. The van der Waals surface area contributed by atoms with E-state index >= 15 is 0 Å². The molecule has 2 aromatic carbocycles. The highest BCUT2D eigenvalue weighted by Crippen LogP contribution is 2.36. The van der Waals surface area contributed by atoms with E-state index in [0.717, 1.165) is 35.5 Å². The predicted molar refractivity (Wildman–Crippen MR) is 103 cm³/mol. The van der Waals surface area contributed by atoms with Gasteiger partial charge in [-0.1, -0.05) is 24.3 Å². The van der Waals surface area contributed by atoms with Crippen LogP contribution in [-0.4, -0.2) is 37.9 Å². The zero-order valence-corrected chi connectivity index (χ0v) is 15.5. The first-order chi connectivity index (χ1) is 13.1. The maximum absolute atomic E-state index is 12.0. The van der Waals surface area contributed by atoms with E-state index in [9.17, 15) is 9.90 Å². The number of benzene rings is 2. The van der Waals surface area contributed by atoms with Crippen molar-refractivity contribution in [1.82, 2.24) is 10.6 Å². The Hall–Kier alpha value is -2.73. The lowest BCUT2D eigenvalue weighted by molar-refractivity contribution is 0.0216. The van der Waals surface area contributed by atoms with Crippen LogP contribution in [0.2, 0.25) is 0 Å². The number of urea groups is 1. The number of nitrogens with one attached hydrogen (secondary N) is 2. The summed E-state index contributed by atoms with van der Waals surface area (Å²) >= 11 is 0. The second-order valence-electron chi connectivity index (χ2n) is 6.68. The second-order valence-corrected chi connectivity index (χ2v) is 6.68. The lowest BCUT2D eigenvalue weighted by Crippen LogP contribution is -2.46. The lowest BCUT2D eigenvalue weighted by atomic mass is 9.79. The van der Waals surface area contributed by atoms with Crippen LogP contribution in [0, 0.1) is 0 Å². The molecule has 1 aliphatic carbocycles. The fraction of sp³-hybridized carbons (Fsp3) is 0.381. The van der Waals surface area contributed by atoms with Crippen LogP contribution >= 0.6 is 0 Å². The standard InChI is InChI=1S/C21H26N2O4/c1-26-18-9-10-19-16(14-18)6-5-11-21(19,25)15-23-20(24)22-12-13-27-17-7-3-2-4-8-17/h2-4,7-10,14,25H,5-6,11-13,15H2,1H3,(H2,22,23,24). The van der Waals surface area contributed by atoms with Crippen molar-refractivity contribution in [2.75, 3.05) is 26.8 Å². The van der Waals surface area contributed by atoms with Crippen molar-refractivity contribution in [3.63, 3.8) is 0 Å². The molecule has 0 fully saturated rings. The number of aliphatic hydroxyl groups is 1. The number of aryl methyl sites for hydroxylation is 1. The van der Waals surface area contributed by atoms with E-state index in [1.807, 2.05) is 48.5 Å². The smallest absolute Gasteiger partial charge is 0.315 e. The van der Waals surface area contributed by atoms with Crippen LogP contribution in [0.4, 0.5) is 4.79 Å². The molecule has 2 aromatic rings. The third-order valence-corrected chi connectivity index (χ3v) is 4.79. The molecule has 0 aliphatic heterocycles. The molecule has 1 unspecified atom stereocenters. The molecule has 0 aromatic heterocycles. The first-order valence-corrected chi connectivity index (χ1v) is 9.20. The average molecular weight is 370 g/mol. The van der Waals surface area contributed by atoms with E-state index in [0.29, 0.717) is 19.6 Å². The molecule has 2 amide bonds. The largest absolute Gasteiger partial charge is 0.497 e. The molecule has 27 heavy (non-hydrogen) atoms. The molecule has 6 nitrogen and oxygen atoms in total. The Kier molecular flexibility index (Phi) is 6.19. The van der Waals surface area contributed by atoms with Crippen LogP contribution in [0.5, 0.6) is 11.5 Å². The molecule has 1 atom stereocenters. The summed E-state index contributed by atoms with van der Waals surface area (Å²) in [5.74, 6) is 1.55. The second kappa shape index (κ2) is 8.77. The molecule has 144 valence electrons. The molecular formula is C21H26N2O4. The molecule has 1 aliphatic rings. The minimum atomic E-state index is -1.06. The summed E-state index contributed by atoms with van der Waals surface area (Å²) in [6.45, 7) is 0.926. The molecule has 3 N–H and O–H groups in total. The summed E-state index contributed by atoms with van der Waals surface area (Å²) < 4.78 is 10.8. The zero-order chi connectivity index (χ0) is 19.1. The number of fused-ring (bicyclic) bond motifs is 1. The fourth-order valence-electron chi connectivity index (χ4n) is 3.39. The van der Waals surface area contributed by atoms with E-state index in [1.54, 1.807) is 7.11 Å². The van der Waals surface area contributed by atoms with Crippen molar-refractivity contribution in [3.8, 4) is 11.5 Å². The van der Waals surface area contributed by atoms with Crippen LogP contribution in [-0.2, 0) is 12.0 Å². The van der Waals surface area contributed by atoms with Crippen LogP contribution in [0.1, 0.15) is 24.0 Å². The van der Waals surface area contributed by atoms with E-state index in [-0.39, 0.29) is 12.6 Å². The number of hydrogen-bond donors (Lipinski definition) is 3. The number of carbonyl (C=O) groups excluding carboxylic acids is 1. The normalized spacial score (nSPS) is 18.3. The quantitative estimate of drug-likeness (QED) is 0.655. The highest BCUT2D eigenvalue weighted by molar-refractivity contribution is 5.73. The van der Waals surface area contributed by atoms with Crippen LogP contribution in [0.3, 0.4) is 0 Å². The van der Waals surface area contributed by atoms with Crippen molar-refractivity contribution < 1.29 is 19.4 Å². The molecular weight excluding hydrogens is 344 g/mol. The summed E-state index contributed by atoms with van der Waals surface area (Å²) in [5, 5.41) is 16.6. The molecule has 0 saturated carbocycles. The first-order valence-electron chi connectivity index (χ1n) is 9.20. The Morgan fingerprint density at radius 2 is 1.96 bits per heavy atom. The van der Waals surface area contributed by atoms with Gasteiger partial charge >= 0.3 is 6.03 Å². The van der Waals surface area contributed by atoms with Gasteiger partial charge in [-0.05, 0) is 54.7 Å². The van der Waals surface area contributed by atoms with Crippen molar-refractivity contribution >= 4 is 6.03 Å². The summed E-state index contributed by atoms with van der Waals surface area (Å²) in [6.07, 6.45) is 2.38. The fourth-order valence-corrected chi connectivity index (χ4v) is 3.39. The maximum atomic E-state index is 12.0. The van der Waals surface area contributed by atoms with E-state index in [1.165, 1.54) is 0 Å². The van der Waals surface area contributed by atoms with Gasteiger partial charge in [0, 0.05) is 0 Å². The highest BCUT2D eigenvalue weighted by Gasteiger charge is 2.34. The number of methoxy groups -OCH3 is 1. The Labute approximate surface area is 159 Å². The minimum Gasteiger partial charge on any atom is -0.497 e. The van der Waals surface area contributed by atoms with Crippen molar-refractivity contribution in [3.05, 3.63) is 59.7 Å². The van der Waals surface area contributed by atoms with Crippen molar-refractivity contribution in [2.24, 2.45) is 0 Å². The van der Waals surface area contributed by atoms with Gasteiger partial charge in [-0.2, -0.15) is 0 Å². The van der Waals surface area contributed by atoms with Gasteiger partial charge in [0.05, 0.1) is 20.2 Å². The number of para-hydroxylation sites is 1. The highest BCUT2D eigenvalue weighted by atomic mass is 16.5. The number of amides is 2. The topological polar surface area (TPSA) is 79.8 Å². The molecule has 0 heterocycles. The van der Waals surface area contributed by atoms with Gasteiger partial charge in [0.2, 0.25) is 0 Å². The van der Waals surface area contributed by atoms with Crippen LogP contribution in [0.15, 0.2) is 48.5 Å². The van der Waals surface area contributed by atoms with E-state index in [2.05, 4.69) is 10.6 Å². The molecule has 0 spiro atoms. The molecule has 6 heteroatoms. The van der Waals surface area contributed by atoms with Crippen molar-refractivity contribution in [2.45, 2.75) is 24.9 Å². The lowest BCUT2D eigenvalue weighted by Gasteiger charge is -2.34. The summed E-state index contributed by atoms with van der Waals surface area (Å²) in [4.78, 5) is 12.0. The van der Waals surface area contributed by atoms with Gasteiger partial charge in [-0.25, -0.2) is 4.79 Å². The third kappa shape index (κ3) is 4.92. The Morgan fingerprint density at radius 3 is 2.74 bits per heavy atom. The summed E-state index contributed by atoms with van der Waals surface area (Å²) in [5.41, 5.74) is 0.876. The molecule has 3 rings (SSSR count). The van der Waals surface area contributed by atoms with E-state index < -0.39 is 5.60 Å². The van der Waals surface area contributed by atoms with Gasteiger partial charge in [-0.3, -0.25) is 0 Å². The van der Waals surface area contributed by atoms with Gasteiger partial charge in [0.1, 0.15) is 23.7 Å². The number of carbonyl (C=O) groups is 1. The maximum Gasteiger partial charge on any atom is 0.315 e. The van der Waals surface area contributed by atoms with Gasteiger partial charge in [-0.15, -0.1) is 0 Å². The molecule has 0 bridgehead atoms. The Morgan fingerprint density at radius 1 is 1.15 bits per heavy atom. The Balaban J connectivity index is 1.47. The van der Waals surface area contributed by atoms with Gasteiger partial charge in [0.25, 0.3) is 0 Å². The van der Waals surface area contributed by atoms with Crippen molar-refractivity contribution in [1.29, 1.82) is 0 Å². The van der Waals surface area contributed by atoms with Gasteiger partial charge < -0.3 is 25.2 Å². The minimum absolute atomic E-state index is 0.164. The van der Waals surface area contributed by atoms with Crippen LogP contribution < -0.4 is 20.1 Å². The molecule has 0 saturated heterocycles. The van der Waals surface area contributed by atoms with Crippen LogP contribution in [0.25, 0.3) is 0 Å². The van der Waals surface area contributed by atoms with E-state index in [4.69, 9.17) is 9.47 Å². The van der Waals surface area contributed by atoms with Gasteiger partial charge in [0.15, 0.2) is 0 Å². The zero-order valence-electron chi connectivity index (χ0n) is 15.5. The number of hydrogen-bond acceptors (Lipinski definition) is 4. The predicted octanol–water partition coefficient (Wildman–Crippen LogP) is 2.60. The SMILES string of the molecule is COc1ccc2c(c1)CCCC2(O)CNC(=O)NCCOc1ccccc1. The third-order valence-electron chi connectivity index (χ3n) is 4.79. The first kappa shape index (κ1) is 19.0. The number of ether oxygens (including phenoxy) is 2. The molecule has 0 radical (unpaired) electrons. The monoisotopic (exact) mass is 370 g/mol. The number of rotatable bonds is 7. The Bertz CT molecular complexity index is 766. The average Bonchev–Trinajstić information content (AvgIpc) is 2.70. The summed E-state index contributed by atoms with van der Waals surface area (Å²) in [6, 6.07) is 14.8.